The van der Waals surface area contributed by atoms with Crippen molar-refractivity contribution in [2.24, 2.45) is 0 Å². The largest absolute Gasteiger partial charge is 0.326 e. The fourth-order valence-corrected chi connectivity index (χ4v) is 1.76. The Labute approximate surface area is 93.5 Å². The Morgan fingerprint density at radius 3 is 2.93 bits per heavy atom. The maximum atomic E-state index is 11.6. The molecule has 2 amide bonds. The van der Waals surface area contributed by atoms with Crippen LogP contribution in [0, 0.1) is 0 Å². The van der Waals surface area contributed by atoms with Crippen LogP contribution < -0.4 is 0 Å². The molecule has 0 spiro atoms. The van der Waals surface area contributed by atoms with Crippen LogP contribution in [0.3, 0.4) is 0 Å². The quantitative estimate of drug-likeness (QED) is 0.767. The number of nitrogens with zero attached hydrogens (tertiary/aromatic N) is 3. The molecular formula is C10H12ClN3O. The molecular weight excluding hydrogens is 214 g/mol. The van der Waals surface area contributed by atoms with E-state index in [2.05, 4.69) is 4.98 Å². The van der Waals surface area contributed by atoms with Gasteiger partial charge in [-0.3, -0.25) is 4.98 Å². The lowest BCUT2D eigenvalue weighted by Crippen LogP contribution is -2.29. The summed E-state index contributed by atoms with van der Waals surface area (Å²) in [5.74, 6) is 0. The second-order valence-electron chi connectivity index (χ2n) is 3.59. The summed E-state index contributed by atoms with van der Waals surface area (Å²) in [7, 11) is 1.80. The zero-order valence-corrected chi connectivity index (χ0v) is 9.24. The van der Waals surface area contributed by atoms with E-state index in [1.54, 1.807) is 35.2 Å². The van der Waals surface area contributed by atoms with Crippen molar-refractivity contribution < 1.29 is 4.79 Å². The van der Waals surface area contributed by atoms with Gasteiger partial charge in [0, 0.05) is 31.4 Å². The minimum atomic E-state index is 0.0526. The van der Waals surface area contributed by atoms with Gasteiger partial charge in [-0.2, -0.15) is 0 Å². The van der Waals surface area contributed by atoms with Gasteiger partial charge in [0.25, 0.3) is 0 Å². The Morgan fingerprint density at radius 1 is 1.53 bits per heavy atom. The van der Waals surface area contributed by atoms with E-state index in [0.717, 1.165) is 18.8 Å². The summed E-state index contributed by atoms with van der Waals surface area (Å²) in [5.41, 5.74) is 0.825. The number of likely N-dealkylation sites (N-methyl/N-ethyl adjacent to an activating group) is 1. The number of carbonyl (C=O) groups is 1. The topological polar surface area (TPSA) is 36.4 Å². The van der Waals surface area contributed by atoms with Crippen LogP contribution in [0.15, 0.2) is 18.3 Å². The lowest BCUT2D eigenvalue weighted by molar-refractivity contribution is 0.196. The monoisotopic (exact) mass is 225 g/mol. The van der Waals surface area contributed by atoms with E-state index >= 15 is 0 Å². The molecule has 0 aromatic carbocycles. The second kappa shape index (κ2) is 4.06. The Kier molecular flexibility index (Phi) is 2.77. The van der Waals surface area contributed by atoms with Gasteiger partial charge in [-0.25, -0.2) is 4.79 Å². The van der Waals surface area contributed by atoms with Crippen molar-refractivity contribution in [1.29, 1.82) is 0 Å². The molecule has 80 valence electrons. The van der Waals surface area contributed by atoms with Gasteiger partial charge in [0.1, 0.15) is 0 Å². The fourth-order valence-electron chi connectivity index (χ4n) is 1.58. The Balaban J connectivity index is 2.06. The van der Waals surface area contributed by atoms with Crippen molar-refractivity contribution in [2.75, 3.05) is 20.1 Å². The number of halogens is 1. The van der Waals surface area contributed by atoms with Crippen molar-refractivity contribution in [3.8, 4) is 0 Å². The molecule has 0 aliphatic carbocycles. The van der Waals surface area contributed by atoms with Crippen LogP contribution in [0.1, 0.15) is 5.69 Å². The summed E-state index contributed by atoms with van der Waals surface area (Å²) in [6, 6.07) is 3.56. The Morgan fingerprint density at radius 2 is 2.33 bits per heavy atom. The molecule has 0 saturated carbocycles. The summed E-state index contributed by atoms with van der Waals surface area (Å²) in [6.07, 6.45) is 1.65. The van der Waals surface area contributed by atoms with Crippen molar-refractivity contribution in [3.05, 3.63) is 29.0 Å². The van der Waals surface area contributed by atoms with E-state index in [1.165, 1.54) is 0 Å². The Hall–Kier alpha value is -1.29. The third kappa shape index (κ3) is 2.21. The number of pyridine rings is 1. The van der Waals surface area contributed by atoms with Crippen LogP contribution in [0.2, 0.25) is 5.02 Å². The minimum Gasteiger partial charge on any atom is -0.326 e. The SMILES string of the molecule is CN1CCN(Cc2cc(Cl)ccn2)C1=O. The van der Waals surface area contributed by atoms with Gasteiger partial charge in [0.15, 0.2) is 0 Å². The molecule has 1 aromatic heterocycles. The van der Waals surface area contributed by atoms with Gasteiger partial charge in [0.05, 0.1) is 12.2 Å². The molecule has 2 rings (SSSR count). The van der Waals surface area contributed by atoms with Crippen LogP contribution >= 0.6 is 11.6 Å². The van der Waals surface area contributed by atoms with Gasteiger partial charge >= 0.3 is 6.03 Å². The van der Waals surface area contributed by atoms with Gasteiger partial charge in [0.2, 0.25) is 0 Å². The molecule has 0 N–H and O–H groups in total. The first-order valence-electron chi connectivity index (χ1n) is 4.77. The number of urea groups is 1. The average molecular weight is 226 g/mol. The number of carbonyl (C=O) groups excluding carboxylic acids is 1. The first kappa shape index (κ1) is 10.2. The fraction of sp³-hybridized carbons (Fsp3) is 0.400. The number of rotatable bonds is 2. The summed E-state index contributed by atoms with van der Waals surface area (Å²) >= 11 is 5.84. The second-order valence-corrected chi connectivity index (χ2v) is 4.03. The molecule has 0 unspecified atom stereocenters. The van der Waals surface area contributed by atoms with Gasteiger partial charge < -0.3 is 9.80 Å². The predicted molar refractivity (Wildman–Crippen MR) is 57.7 cm³/mol. The van der Waals surface area contributed by atoms with E-state index in [9.17, 15) is 4.79 Å². The number of aromatic nitrogens is 1. The lowest BCUT2D eigenvalue weighted by atomic mass is 10.3. The predicted octanol–water partition coefficient (Wildman–Crippen LogP) is 1.60. The molecule has 15 heavy (non-hydrogen) atoms. The van der Waals surface area contributed by atoms with Crippen LogP contribution in [-0.2, 0) is 6.54 Å². The molecule has 1 fully saturated rings. The van der Waals surface area contributed by atoms with E-state index in [0.29, 0.717) is 11.6 Å². The van der Waals surface area contributed by atoms with Gasteiger partial charge in [-0.05, 0) is 12.1 Å². The third-order valence-electron chi connectivity index (χ3n) is 2.43. The zero-order chi connectivity index (χ0) is 10.8. The summed E-state index contributed by atoms with van der Waals surface area (Å²) in [6.45, 7) is 2.06. The number of amides is 2. The van der Waals surface area contributed by atoms with Crippen LogP contribution in [-0.4, -0.2) is 41.0 Å². The first-order valence-corrected chi connectivity index (χ1v) is 5.15. The summed E-state index contributed by atoms with van der Waals surface area (Å²) in [5, 5.41) is 0.653. The molecule has 1 aliphatic rings. The molecule has 1 saturated heterocycles. The summed E-state index contributed by atoms with van der Waals surface area (Å²) in [4.78, 5) is 19.2. The van der Waals surface area contributed by atoms with Crippen molar-refractivity contribution in [2.45, 2.75) is 6.54 Å². The van der Waals surface area contributed by atoms with E-state index in [-0.39, 0.29) is 6.03 Å². The van der Waals surface area contributed by atoms with Crippen molar-refractivity contribution in [3.63, 3.8) is 0 Å². The van der Waals surface area contributed by atoms with Crippen LogP contribution in [0.5, 0.6) is 0 Å². The normalized spacial score (nSPS) is 16.3. The minimum absolute atomic E-state index is 0.0526. The highest BCUT2D eigenvalue weighted by Gasteiger charge is 2.25. The average Bonchev–Trinajstić information content (AvgIpc) is 2.50. The molecule has 0 bridgehead atoms. The Bertz CT molecular complexity index is 383. The highest BCUT2D eigenvalue weighted by Crippen LogP contribution is 2.13. The molecule has 4 nitrogen and oxygen atoms in total. The van der Waals surface area contributed by atoms with Crippen LogP contribution in [0.4, 0.5) is 4.79 Å². The lowest BCUT2D eigenvalue weighted by Gasteiger charge is -2.15. The molecule has 2 heterocycles. The zero-order valence-electron chi connectivity index (χ0n) is 8.48. The van der Waals surface area contributed by atoms with E-state index in [1.807, 2.05) is 0 Å². The highest BCUT2D eigenvalue weighted by molar-refractivity contribution is 6.30. The molecule has 1 aliphatic heterocycles. The van der Waals surface area contributed by atoms with E-state index < -0.39 is 0 Å². The highest BCUT2D eigenvalue weighted by atomic mass is 35.5. The first-order chi connectivity index (χ1) is 7.16. The molecule has 0 radical (unpaired) electrons. The molecule has 1 aromatic rings. The maximum absolute atomic E-state index is 11.6. The standard InChI is InChI=1S/C10H12ClN3O/c1-13-4-5-14(10(13)15)7-9-6-8(11)2-3-12-9/h2-3,6H,4-5,7H2,1H3. The van der Waals surface area contributed by atoms with Gasteiger partial charge in [-0.15, -0.1) is 0 Å². The number of hydrogen-bond acceptors (Lipinski definition) is 2. The van der Waals surface area contributed by atoms with Gasteiger partial charge in [-0.1, -0.05) is 11.6 Å². The van der Waals surface area contributed by atoms with E-state index in [4.69, 9.17) is 11.6 Å². The van der Waals surface area contributed by atoms with Crippen molar-refractivity contribution in [1.82, 2.24) is 14.8 Å². The molecule has 5 heteroatoms. The molecule has 0 atom stereocenters. The smallest absolute Gasteiger partial charge is 0.320 e. The maximum Gasteiger partial charge on any atom is 0.320 e. The third-order valence-corrected chi connectivity index (χ3v) is 2.67. The van der Waals surface area contributed by atoms with Crippen LogP contribution in [0.25, 0.3) is 0 Å². The van der Waals surface area contributed by atoms with Crippen molar-refractivity contribution >= 4 is 17.6 Å². The summed E-state index contributed by atoms with van der Waals surface area (Å²) < 4.78 is 0. The number of hydrogen-bond donors (Lipinski definition) is 0.